The van der Waals surface area contributed by atoms with Gasteiger partial charge in [0.15, 0.2) is 6.61 Å². The van der Waals surface area contributed by atoms with E-state index in [4.69, 9.17) is 0 Å². The van der Waals surface area contributed by atoms with E-state index in [2.05, 4.69) is 16.1 Å². The van der Waals surface area contributed by atoms with Crippen LogP contribution in [-0.4, -0.2) is 55.9 Å². The summed E-state index contributed by atoms with van der Waals surface area (Å²) in [5.74, 6) is -41.8. The lowest BCUT2D eigenvalue weighted by molar-refractivity contribution is -0.428. The van der Waals surface area contributed by atoms with E-state index in [-0.39, 0.29) is 13.4 Å². The maximum atomic E-state index is 13.3. The first-order chi connectivity index (χ1) is 10.9. The first-order valence-corrected chi connectivity index (χ1v) is 5.85. The minimum atomic E-state index is -7.60. The summed E-state index contributed by atoms with van der Waals surface area (Å²) >= 11 is 0. The van der Waals surface area contributed by atoms with Crippen molar-refractivity contribution >= 4 is 0 Å². The predicted octanol–water partition coefficient (Wildman–Crippen LogP) is 4.60. The van der Waals surface area contributed by atoms with Crippen molar-refractivity contribution in [1.29, 1.82) is 0 Å². The van der Waals surface area contributed by atoms with Crippen LogP contribution in [-0.2, 0) is 9.47 Å². The number of methoxy groups -OCH3 is 1. The van der Waals surface area contributed by atoms with Gasteiger partial charge in [-0.1, -0.05) is 6.58 Å². The van der Waals surface area contributed by atoms with E-state index < -0.39 is 48.7 Å². The summed E-state index contributed by atoms with van der Waals surface area (Å²) in [5, 5.41) is 0. The molecule has 0 aliphatic carbocycles. The monoisotopic (exact) mass is 402 g/mol. The number of hydrogen-bond donors (Lipinski definition) is 0. The van der Waals surface area contributed by atoms with Crippen LogP contribution in [0, 0.1) is 0 Å². The van der Waals surface area contributed by atoms with Gasteiger partial charge >= 0.3 is 35.5 Å². The molecule has 0 aromatic carbocycles. The molecule has 0 amide bonds. The molecule has 0 N–H and O–H groups in total. The van der Waals surface area contributed by atoms with Crippen LogP contribution in [0.1, 0.15) is 0 Å². The van der Waals surface area contributed by atoms with E-state index in [9.17, 15) is 52.7 Å². The van der Waals surface area contributed by atoms with Crippen molar-refractivity contribution in [3.8, 4) is 0 Å². The molecule has 0 saturated carbocycles. The Kier molecular flexibility index (Phi) is 6.40. The largest absolute Gasteiger partial charge is 0.495 e. The van der Waals surface area contributed by atoms with E-state index in [0.29, 0.717) is 0 Å². The van der Waals surface area contributed by atoms with Gasteiger partial charge in [0.25, 0.3) is 0 Å². The van der Waals surface area contributed by atoms with E-state index in [1.165, 1.54) is 0 Å². The molecule has 0 saturated heterocycles. The van der Waals surface area contributed by atoms with Gasteiger partial charge in [0, 0.05) is 7.11 Å². The SMILES string of the molecule is C=COCC(F)(F)C(F)(F)C(F)(F)C(F)(F)C(F)(F)C(F)(F)COC. The Hall–Kier alpha value is -1.34. The highest BCUT2D eigenvalue weighted by molar-refractivity contribution is 5.11. The molecule has 0 bridgehead atoms. The Balaban J connectivity index is 6.15. The minimum Gasteiger partial charge on any atom is -0.495 e. The molecule has 2 nitrogen and oxygen atoms in total. The lowest BCUT2D eigenvalue weighted by Crippen LogP contribution is -2.71. The van der Waals surface area contributed by atoms with Crippen LogP contribution in [0.4, 0.5) is 52.7 Å². The fourth-order valence-corrected chi connectivity index (χ4v) is 1.38. The Morgan fingerprint density at radius 1 is 0.640 bits per heavy atom. The fraction of sp³-hybridized carbons (Fsp3) is 0.818. The Morgan fingerprint density at radius 2 is 0.960 bits per heavy atom. The molecule has 0 unspecified atom stereocenters. The first kappa shape index (κ1) is 23.7. The van der Waals surface area contributed by atoms with E-state index in [0.717, 1.165) is 0 Å². The van der Waals surface area contributed by atoms with Crippen molar-refractivity contribution in [3.63, 3.8) is 0 Å². The van der Waals surface area contributed by atoms with Crippen LogP contribution >= 0.6 is 0 Å². The van der Waals surface area contributed by atoms with Crippen molar-refractivity contribution in [2.75, 3.05) is 20.3 Å². The van der Waals surface area contributed by atoms with E-state index in [1.54, 1.807) is 0 Å². The highest BCUT2D eigenvalue weighted by atomic mass is 19.4. The zero-order valence-electron chi connectivity index (χ0n) is 12.1. The topological polar surface area (TPSA) is 18.5 Å². The van der Waals surface area contributed by atoms with Crippen LogP contribution in [0.15, 0.2) is 12.8 Å². The van der Waals surface area contributed by atoms with Crippen molar-refractivity contribution < 1.29 is 62.2 Å². The molecule has 0 aromatic rings. The van der Waals surface area contributed by atoms with Crippen LogP contribution in [0.5, 0.6) is 0 Å². The Labute approximate surface area is 132 Å². The van der Waals surface area contributed by atoms with Crippen molar-refractivity contribution in [3.05, 3.63) is 12.8 Å². The van der Waals surface area contributed by atoms with Crippen molar-refractivity contribution in [1.82, 2.24) is 0 Å². The molecule has 150 valence electrons. The van der Waals surface area contributed by atoms with Crippen molar-refractivity contribution in [2.45, 2.75) is 35.5 Å². The zero-order valence-corrected chi connectivity index (χ0v) is 12.1. The molecule has 0 fully saturated rings. The normalized spacial score (nSPS) is 15.2. The van der Waals surface area contributed by atoms with Gasteiger partial charge in [0.1, 0.15) is 6.61 Å². The van der Waals surface area contributed by atoms with Crippen LogP contribution in [0.25, 0.3) is 0 Å². The third-order valence-electron chi connectivity index (χ3n) is 2.81. The standard InChI is InChI=1S/C11H10F12O2/c1-3-25-5-7(14,15)9(18,19)11(22,23)10(20,21)8(16,17)6(12,13)4-24-2/h3H,1,4-5H2,2H3. The number of alkyl halides is 12. The van der Waals surface area contributed by atoms with Gasteiger partial charge in [0.2, 0.25) is 0 Å². The second kappa shape index (κ2) is 6.76. The molecule has 0 aliphatic heterocycles. The fourth-order valence-electron chi connectivity index (χ4n) is 1.38. The Bertz CT molecular complexity index is 474. The van der Waals surface area contributed by atoms with Gasteiger partial charge in [-0.2, -0.15) is 52.7 Å². The molecule has 14 heteroatoms. The summed E-state index contributed by atoms with van der Waals surface area (Å²) in [5.41, 5.74) is 0. The maximum absolute atomic E-state index is 13.3. The van der Waals surface area contributed by atoms with E-state index in [1.807, 2.05) is 0 Å². The molecule has 0 rings (SSSR count). The molecule has 0 spiro atoms. The molecule has 0 radical (unpaired) electrons. The molecule has 25 heavy (non-hydrogen) atoms. The summed E-state index contributed by atoms with van der Waals surface area (Å²) < 4.78 is 165. The Morgan fingerprint density at radius 3 is 1.24 bits per heavy atom. The second-order valence-corrected chi connectivity index (χ2v) is 4.62. The first-order valence-electron chi connectivity index (χ1n) is 5.85. The van der Waals surface area contributed by atoms with Gasteiger partial charge in [-0.05, 0) is 0 Å². The lowest BCUT2D eigenvalue weighted by Gasteiger charge is -2.41. The van der Waals surface area contributed by atoms with E-state index >= 15 is 0 Å². The molecule has 0 atom stereocenters. The van der Waals surface area contributed by atoms with Gasteiger partial charge in [-0.15, -0.1) is 0 Å². The summed E-state index contributed by atoms with van der Waals surface area (Å²) in [7, 11) is 0.287. The van der Waals surface area contributed by atoms with Crippen LogP contribution < -0.4 is 0 Å². The van der Waals surface area contributed by atoms with Gasteiger partial charge in [-0.25, -0.2) is 0 Å². The molecule has 0 heterocycles. The minimum absolute atomic E-state index is 0.0433. The summed E-state index contributed by atoms with van der Waals surface area (Å²) in [6.45, 7) is -2.65. The number of rotatable bonds is 10. The average molecular weight is 402 g/mol. The summed E-state index contributed by atoms with van der Waals surface area (Å²) in [4.78, 5) is 0. The summed E-state index contributed by atoms with van der Waals surface area (Å²) in [6, 6.07) is 0. The smallest absolute Gasteiger partial charge is 0.384 e. The predicted molar refractivity (Wildman–Crippen MR) is 57.7 cm³/mol. The van der Waals surface area contributed by atoms with Crippen molar-refractivity contribution in [2.24, 2.45) is 0 Å². The molecular formula is C11H10F12O2. The maximum Gasteiger partial charge on any atom is 0.384 e. The quantitative estimate of drug-likeness (QED) is 0.393. The zero-order chi connectivity index (χ0) is 20.5. The highest BCUT2D eigenvalue weighted by Gasteiger charge is 2.90. The number of hydrogen-bond acceptors (Lipinski definition) is 2. The van der Waals surface area contributed by atoms with Gasteiger partial charge in [-0.3, -0.25) is 0 Å². The van der Waals surface area contributed by atoms with Crippen LogP contribution in [0.3, 0.4) is 0 Å². The number of halogens is 12. The molecule has 0 aromatic heterocycles. The van der Waals surface area contributed by atoms with Gasteiger partial charge < -0.3 is 9.47 Å². The average Bonchev–Trinajstić information content (AvgIpc) is 2.44. The molecular weight excluding hydrogens is 392 g/mol. The van der Waals surface area contributed by atoms with Gasteiger partial charge in [0.05, 0.1) is 6.26 Å². The summed E-state index contributed by atoms with van der Waals surface area (Å²) in [6.07, 6.45) is 0.0433. The lowest BCUT2D eigenvalue weighted by atomic mass is 9.91. The third kappa shape index (κ3) is 3.49. The molecule has 0 aliphatic rings. The highest BCUT2D eigenvalue weighted by Crippen LogP contribution is 2.59. The second-order valence-electron chi connectivity index (χ2n) is 4.62. The number of ether oxygens (including phenoxy) is 2. The van der Waals surface area contributed by atoms with Crippen LogP contribution in [0.2, 0.25) is 0 Å². The third-order valence-corrected chi connectivity index (χ3v) is 2.81.